The van der Waals surface area contributed by atoms with Crippen molar-refractivity contribution in [1.82, 2.24) is 0 Å². The van der Waals surface area contributed by atoms with Crippen molar-refractivity contribution in [2.45, 2.75) is 232 Å². The van der Waals surface area contributed by atoms with Crippen LogP contribution in [-0.4, -0.2) is 87.4 Å². The first-order valence-electron chi connectivity index (χ1n) is 27.1. The highest BCUT2D eigenvalue weighted by Gasteiger charge is 2.25. The van der Waals surface area contributed by atoms with Crippen LogP contribution in [0.5, 0.6) is 0 Å². The molecule has 0 heterocycles. The Labute approximate surface area is 411 Å². The fourth-order valence-electron chi connectivity index (χ4n) is 7.20. The van der Waals surface area contributed by atoms with Gasteiger partial charge in [0.15, 0.2) is 6.10 Å². The van der Waals surface area contributed by atoms with E-state index in [0.717, 1.165) is 96.3 Å². The van der Waals surface area contributed by atoms with Crippen LogP contribution in [0.15, 0.2) is 72.9 Å². The van der Waals surface area contributed by atoms with Gasteiger partial charge in [0, 0.05) is 12.8 Å². The van der Waals surface area contributed by atoms with Gasteiger partial charge in [0.25, 0.3) is 6.29 Å². The van der Waals surface area contributed by atoms with E-state index in [0.29, 0.717) is 17.4 Å². The zero-order valence-electron chi connectivity index (χ0n) is 43.8. The number of likely N-dealkylation sites (N-methyl/N-ethyl adjacent to an activating group) is 1. The molecule has 0 amide bonds. The number of carbonyl (C=O) groups is 3. The van der Waals surface area contributed by atoms with E-state index >= 15 is 0 Å². The minimum absolute atomic E-state index is 0.179. The predicted molar refractivity (Wildman–Crippen MR) is 281 cm³/mol. The van der Waals surface area contributed by atoms with Crippen molar-refractivity contribution in [3.63, 3.8) is 0 Å². The topological polar surface area (TPSA) is 108 Å². The molecule has 0 aromatic heterocycles. The Morgan fingerprint density at radius 1 is 0.448 bits per heavy atom. The lowest BCUT2D eigenvalue weighted by molar-refractivity contribution is -0.870. The van der Waals surface area contributed by atoms with E-state index < -0.39 is 24.3 Å². The van der Waals surface area contributed by atoms with Gasteiger partial charge in [0.1, 0.15) is 13.2 Å². The van der Waals surface area contributed by atoms with Crippen LogP contribution in [0, 0.1) is 0 Å². The summed E-state index contributed by atoms with van der Waals surface area (Å²) in [5.41, 5.74) is 0. The van der Waals surface area contributed by atoms with Crippen molar-refractivity contribution >= 4 is 17.9 Å². The summed E-state index contributed by atoms with van der Waals surface area (Å²) < 4.78 is 22.8. The molecule has 1 N–H and O–H groups in total. The lowest BCUT2D eigenvalue weighted by Gasteiger charge is -2.25. The van der Waals surface area contributed by atoms with Gasteiger partial charge in [-0.1, -0.05) is 189 Å². The molecular formula is C58H102NO8+. The van der Waals surface area contributed by atoms with E-state index in [-0.39, 0.29) is 38.6 Å². The molecule has 0 saturated heterocycles. The van der Waals surface area contributed by atoms with Gasteiger partial charge in [-0.25, -0.2) is 4.79 Å². The molecular weight excluding hydrogens is 839 g/mol. The van der Waals surface area contributed by atoms with Gasteiger partial charge in [0.2, 0.25) is 0 Å². The Morgan fingerprint density at radius 3 is 1.19 bits per heavy atom. The van der Waals surface area contributed by atoms with Crippen LogP contribution >= 0.6 is 0 Å². The standard InChI is InChI=1S/C58H101NO8/c1-6-8-10-12-14-16-18-20-22-24-26-28-30-32-34-36-38-40-42-44-46-48-55(60)65-52-54(53-66-58(57(62)63)64-51-50-59(3,4)5)67-56(61)49-47-45-43-41-39-37-35-33-31-29-27-25-23-21-19-17-15-13-11-9-7-2/h18-21,24-27,30-33,54,58H,6-17,22-23,28-29,34-53H2,1-5H3/p+1/b20-18-,21-19-,26-24-,27-25-,32-30-,33-31-. The molecule has 0 saturated carbocycles. The van der Waals surface area contributed by atoms with Gasteiger partial charge in [-0.05, 0) is 89.9 Å². The monoisotopic (exact) mass is 941 g/mol. The molecule has 0 aromatic carbocycles. The number of aliphatic carboxylic acids is 1. The summed E-state index contributed by atoms with van der Waals surface area (Å²) in [6.45, 7) is 4.82. The van der Waals surface area contributed by atoms with E-state index in [1.165, 1.54) is 89.9 Å². The van der Waals surface area contributed by atoms with Crippen LogP contribution in [0.4, 0.5) is 0 Å². The van der Waals surface area contributed by atoms with Crippen molar-refractivity contribution < 1.29 is 42.9 Å². The molecule has 386 valence electrons. The molecule has 2 unspecified atom stereocenters. The van der Waals surface area contributed by atoms with Crippen molar-refractivity contribution in [3.05, 3.63) is 72.9 Å². The van der Waals surface area contributed by atoms with E-state index in [1.54, 1.807) is 0 Å². The zero-order valence-corrected chi connectivity index (χ0v) is 43.8. The number of nitrogens with zero attached hydrogens (tertiary/aromatic N) is 1. The molecule has 0 aliphatic carbocycles. The first kappa shape index (κ1) is 63.7. The number of hydrogen-bond acceptors (Lipinski definition) is 7. The van der Waals surface area contributed by atoms with E-state index in [9.17, 15) is 19.5 Å². The highest BCUT2D eigenvalue weighted by molar-refractivity contribution is 5.71. The largest absolute Gasteiger partial charge is 0.477 e. The third-order valence-electron chi connectivity index (χ3n) is 11.4. The summed E-state index contributed by atoms with van der Waals surface area (Å²) in [5.74, 6) is -2.04. The molecule has 0 aliphatic rings. The number of quaternary nitrogens is 1. The van der Waals surface area contributed by atoms with Crippen LogP contribution in [0.3, 0.4) is 0 Å². The number of hydrogen-bond donors (Lipinski definition) is 1. The SMILES string of the molecule is CCCCCCC/C=C\C/C=C\C/C=C\CCCCCCCCC(=O)OCC(COC(OCC[N+](C)(C)C)C(=O)O)OC(=O)CCCCCCCC/C=C\C/C=C\C/C=C\CCCCCCC. The van der Waals surface area contributed by atoms with Crippen LogP contribution in [0.25, 0.3) is 0 Å². The van der Waals surface area contributed by atoms with Gasteiger partial charge in [-0.3, -0.25) is 9.59 Å². The average Bonchev–Trinajstić information content (AvgIpc) is 3.29. The third kappa shape index (κ3) is 50.4. The second-order valence-corrected chi connectivity index (χ2v) is 19.2. The van der Waals surface area contributed by atoms with Crippen molar-refractivity contribution in [2.24, 2.45) is 0 Å². The summed E-state index contributed by atoms with van der Waals surface area (Å²) in [6, 6.07) is 0. The minimum atomic E-state index is -1.52. The Kier molecular flexibility index (Phi) is 46.8. The number of carbonyl (C=O) groups excluding carboxylic acids is 2. The molecule has 9 heteroatoms. The van der Waals surface area contributed by atoms with Gasteiger partial charge in [0.05, 0.1) is 34.4 Å². The molecule has 67 heavy (non-hydrogen) atoms. The number of unbranched alkanes of at least 4 members (excludes halogenated alkanes) is 22. The van der Waals surface area contributed by atoms with E-state index in [1.807, 2.05) is 21.1 Å². The molecule has 0 aromatic rings. The first-order valence-corrected chi connectivity index (χ1v) is 27.1. The number of esters is 2. The Hall–Kier alpha value is -3.27. The Morgan fingerprint density at radius 2 is 0.806 bits per heavy atom. The smallest absolute Gasteiger partial charge is 0.361 e. The van der Waals surface area contributed by atoms with Crippen molar-refractivity contribution in [3.8, 4) is 0 Å². The quantitative estimate of drug-likeness (QED) is 0.0211. The predicted octanol–water partition coefficient (Wildman–Crippen LogP) is 15.5. The highest BCUT2D eigenvalue weighted by atomic mass is 16.7. The molecule has 0 fully saturated rings. The minimum Gasteiger partial charge on any atom is -0.477 e. The molecule has 0 aliphatic heterocycles. The van der Waals surface area contributed by atoms with Crippen LogP contribution in [0.2, 0.25) is 0 Å². The van der Waals surface area contributed by atoms with E-state index in [2.05, 4.69) is 86.8 Å². The maximum absolute atomic E-state index is 12.8. The normalized spacial score (nSPS) is 13.4. The number of carboxylic acid groups (broad SMARTS) is 1. The fourth-order valence-corrected chi connectivity index (χ4v) is 7.20. The maximum Gasteiger partial charge on any atom is 0.361 e. The first-order chi connectivity index (χ1) is 32.6. The molecule has 0 bridgehead atoms. The van der Waals surface area contributed by atoms with Gasteiger partial charge in [-0.2, -0.15) is 0 Å². The van der Waals surface area contributed by atoms with Gasteiger partial charge >= 0.3 is 17.9 Å². The molecule has 0 radical (unpaired) electrons. The summed E-state index contributed by atoms with van der Waals surface area (Å²) in [7, 11) is 5.95. The molecule has 2 atom stereocenters. The second kappa shape index (κ2) is 49.2. The van der Waals surface area contributed by atoms with Crippen LogP contribution < -0.4 is 0 Å². The van der Waals surface area contributed by atoms with Crippen LogP contribution in [-0.2, 0) is 33.3 Å². The average molecular weight is 941 g/mol. The van der Waals surface area contributed by atoms with Gasteiger partial charge < -0.3 is 28.5 Å². The van der Waals surface area contributed by atoms with E-state index in [4.69, 9.17) is 18.9 Å². The second-order valence-electron chi connectivity index (χ2n) is 19.2. The third-order valence-corrected chi connectivity index (χ3v) is 11.4. The summed E-state index contributed by atoms with van der Waals surface area (Å²) >= 11 is 0. The molecule has 0 rings (SSSR count). The number of ether oxygens (including phenoxy) is 4. The Balaban J connectivity index is 4.39. The maximum atomic E-state index is 12.8. The highest BCUT2D eigenvalue weighted by Crippen LogP contribution is 2.14. The molecule has 0 spiro atoms. The lowest BCUT2D eigenvalue weighted by atomic mass is 10.1. The summed E-state index contributed by atoms with van der Waals surface area (Å²) in [6.07, 6.45) is 59.6. The van der Waals surface area contributed by atoms with Crippen molar-refractivity contribution in [2.75, 3.05) is 47.5 Å². The lowest BCUT2D eigenvalue weighted by Crippen LogP contribution is -2.40. The number of carboxylic acids is 1. The van der Waals surface area contributed by atoms with Crippen LogP contribution in [0.1, 0.15) is 219 Å². The number of allylic oxidation sites excluding steroid dienone is 12. The fraction of sp³-hybridized carbons (Fsp3) is 0.741. The zero-order chi connectivity index (χ0) is 49.2. The number of rotatable bonds is 49. The Bertz CT molecular complexity index is 1330. The van der Waals surface area contributed by atoms with Gasteiger partial charge in [-0.15, -0.1) is 0 Å². The van der Waals surface area contributed by atoms with Crippen molar-refractivity contribution in [1.29, 1.82) is 0 Å². The molecule has 9 nitrogen and oxygen atoms in total. The summed E-state index contributed by atoms with van der Waals surface area (Å²) in [5, 5.41) is 9.68. The summed E-state index contributed by atoms with van der Waals surface area (Å²) in [4.78, 5) is 37.3.